The number of hydrogen-bond acceptors (Lipinski definition) is 7. The minimum absolute atomic E-state index is 0.138. The second kappa shape index (κ2) is 9.56. The van der Waals surface area contributed by atoms with Crippen LogP contribution in [0.5, 0.6) is 5.75 Å². The number of nitrogens with two attached hydrogens (primary N) is 1. The molecule has 0 radical (unpaired) electrons. The normalized spacial score (nSPS) is 11.2. The van der Waals surface area contributed by atoms with Crippen LogP contribution in [0.25, 0.3) is 42.9 Å². The highest BCUT2D eigenvalue weighted by Gasteiger charge is 2.19. The summed E-state index contributed by atoms with van der Waals surface area (Å²) in [4.78, 5) is 22.1. The molecule has 1 amide bonds. The van der Waals surface area contributed by atoms with Crippen LogP contribution >= 0.6 is 11.3 Å². The van der Waals surface area contributed by atoms with E-state index in [9.17, 15) is 9.18 Å². The van der Waals surface area contributed by atoms with Gasteiger partial charge in [0.1, 0.15) is 16.6 Å². The van der Waals surface area contributed by atoms with Gasteiger partial charge in [0.2, 0.25) is 0 Å². The predicted molar refractivity (Wildman–Crippen MR) is 146 cm³/mol. The Labute approximate surface area is 220 Å². The standard InChI is InChI=1S/C28H21FN6O2S/c1-37-21-11-10-17(29)12-18(21)27(36)32-13-15-6-8-16(9-7-15)24-23-25(34-35-26(23)30)19(14-31-24)28-33-20-4-2-3-5-22(20)38-28/h2-12,14H,13H2,1H3,(H,32,36)(H3,30,34,35). The number of para-hydroxylation sites is 1. The summed E-state index contributed by atoms with van der Waals surface area (Å²) < 4.78 is 19.9. The fourth-order valence-electron chi connectivity index (χ4n) is 4.33. The summed E-state index contributed by atoms with van der Waals surface area (Å²) in [5.41, 5.74) is 11.3. The van der Waals surface area contributed by atoms with E-state index in [2.05, 4.69) is 15.5 Å². The number of fused-ring (bicyclic) bond motifs is 2. The lowest BCUT2D eigenvalue weighted by Crippen LogP contribution is -2.23. The molecule has 38 heavy (non-hydrogen) atoms. The number of rotatable bonds is 6. The molecule has 10 heteroatoms. The van der Waals surface area contributed by atoms with Crippen LogP contribution in [0, 0.1) is 5.82 Å². The molecule has 0 fully saturated rings. The zero-order chi connectivity index (χ0) is 26.2. The van der Waals surface area contributed by atoms with Gasteiger partial charge in [-0.3, -0.25) is 14.9 Å². The number of pyridine rings is 1. The van der Waals surface area contributed by atoms with Crippen LogP contribution < -0.4 is 15.8 Å². The number of aromatic amines is 1. The van der Waals surface area contributed by atoms with Crippen LogP contribution in [-0.4, -0.2) is 33.2 Å². The lowest BCUT2D eigenvalue weighted by molar-refractivity contribution is 0.0947. The first-order chi connectivity index (χ1) is 18.5. The first-order valence-electron chi connectivity index (χ1n) is 11.7. The molecule has 0 saturated heterocycles. The van der Waals surface area contributed by atoms with E-state index in [1.54, 1.807) is 17.5 Å². The van der Waals surface area contributed by atoms with Crippen molar-refractivity contribution in [3.63, 3.8) is 0 Å². The Hall–Kier alpha value is -4.83. The van der Waals surface area contributed by atoms with Crippen molar-refractivity contribution in [3.05, 3.63) is 89.9 Å². The summed E-state index contributed by atoms with van der Waals surface area (Å²) in [6.45, 7) is 0.256. The predicted octanol–water partition coefficient (Wildman–Crippen LogP) is 5.56. The molecule has 4 N–H and O–H groups in total. The molecule has 0 saturated carbocycles. The van der Waals surface area contributed by atoms with E-state index in [4.69, 9.17) is 20.4 Å². The second-order valence-corrected chi connectivity index (χ2v) is 9.62. The lowest BCUT2D eigenvalue weighted by Gasteiger charge is -2.10. The highest BCUT2D eigenvalue weighted by molar-refractivity contribution is 7.21. The van der Waals surface area contributed by atoms with Gasteiger partial charge in [-0.25, -0.2) is 9.37 Å². The van der Waals surface area contributed by atoms with Crippen molar-refractivity contribution in [1.82, 2.24) is 25.5 Å². The Morgan fingerprint density at radius 1 is 1.13 bits per heavy atom. The molecule has 6 aromatic rings. The number of nitrogens with zero attached hydrogens (tertiary/aromatic N) is 3. The van der Waals surface area contributed by atoms with Crippen LogP contribution in [0.1, 0.15) is 15.9 Å². The number of anilines is 1. The molecular formula is C28H21FN6O2S. The number of aromatic nitrogens is 4. The van der Waals surface area contributed by atoms with Gasteiger partial charge in [0.25, 0.3) is 5.91 Å². The maximum Gasteiger partial charge on any atom is 0.255 e. The number of ether oxygens (including phenoxy) is 1. The van der Waals surface area contributed by atoms with Gasteiger partial charge in [0.15, 0.2) is 5.82 Å². The fourth-order valence-corrected chi connectivity index (χ4v) is 5.31. The SMILES string of the molecule is COc1ccc(F)cc1C(=O)NCc1ccc(-c2ncc(-c3nc4ccccc4s3)c3[nH]nc(N)c23)cc1. The second-order valence-electron chi connectivity index (χ2n) is 8.59. The summed E-state index contributed by atoms with van der Waals surface area (Å²) in [5, 5.41) is 11.7. The molecule has 0 aliphatic heterocycles. The third-order valence-corrected chi connectivity index (χ3v) is 7.30. The maximum absolute atomic E-state index is 13.6. The van der Waals surface area contributed by atoms with Gasteiger partial charge in [0, 0.05) is 18.3 Å². The number of H-pyrrole nitrogens is 1. The Morgan fingerprint density at radius 2 is 1.95 bits per heavy atom. The number of carbonyl (C=O) groups excluding carboxylic acids is 1. The topological polar surface area (TPSA) is 119 Å². The van der Waals surface area contributed by atoms with Crippen LogP contribution in [0.15, 0.2) is 72.9 Å². The zero-order valence-corrected chi connectivity index (χ0v) is 21.0. The maximum atomic E-state index is 13.6. The van der Waals surface area contributed by atoms with E-state index in [-0.39, 0.29) is 12.1 Å². The molecular weight excluding hydrogens is 503 g/mol. The molecule has 6 rings (SSSR count). The minimum atomic E-state index is -0.508. The highest BCUT2D eigenvalue weighted by Crippen LogP contribution is 2.38. The van der Waals surface area contributed by atoms with E-state index in [0.29, 0.717) is 17.3 Å². The molecule has 8 nitrogen and oxygen atoms in total. The Morgan fingerprint density at radius 3 is 2.74 bits per heavy atom. The zero-order valence-electron chi connectivity index (χ0n) is 20.2. The molecule has 0 bridgehead atoms. The van der Waals surface area contributed by atoms with Crippen LogP contribution in [-0.2, 0) is 6.54 Å². The number of thiazole rings is 1. The number of hydrogen-bond donors (Lipinski definition) is 3. The van der Waals surface area contributed by atoms with Crippen molar-refractivity contribution in [2.75, 3.05) is 12.8 Å². The monoisotopic (exact) mass is 524 g/mol. The van der Waals surface area contributed by atoms with Crippen LogP contribution in [0.4, 0.5) is 10.2 Å². The first kappa shape index (κ1) is 23.6. The molecule has 3 heterocycles. The number of nitrogen functional groups attached to an aromatic ring is 1. The number of methoxy groups -OCH3 is 1. The van der Waals surface area contributed by atoms with Crippen LogP contribution in [0.2, 0.25) is 0 Å². The van der Waals surface area contributed by atoms with Crippen molar-refractivity contribution < 1.29 is 13.9 Å². The summed E-state index contributed by atoms with van der Waals surface area (Å²) in [5.74, 6) is -0.274. The molecule has 0 aliphatic rings. The van der Waals surface area contributed by atoms with E-state index in [1.165, 1.54) is 19.2 Å². The molecule has 0 unspecified atom stereocenters. The summed E-state index contributed by atoms with van der Waals surface area (Å²) in [6, 6.07) is 19.4. The highest BCUT2D eigenvalue weighted by atomic mass is 32.1. The summed E-state index contributed by atoms with van der Waals surface area (Å²) >= 11 is 1.58. The largest absolute Gasteiger partial charge is 0.496 e. The smallest absolute Gasteiger partial charge is 0.255 e. The molecule has 188 valence electrons. The third kappa shape index (κ3) is 4.20. The number of nitrogens with one attached hydrogen (secondary N) is 2. The van der Waals surface area contributed by atoms with Gasteiger partial charge in [-0.1, -0.05) is 36.4 Å². The van der Waals surface area contributed by atoms with Gasteiger partial charge in [0.05, 0.1) is 45.1 Å². The average molecular weight is 525 g/mol. The third-order valence-electron chi connectivity index (χ3n) is 6.23. The van der Waals surface area contributed by atoms with E-state index >= 15 is 0 Å². The number of carbonyl (C=O) groups is 1. The van der Waals surface area contributed by atoms with Gasteiger partial charge < -0.3 is 15.8 Å². The molecule has 0 spiro atoms. The fraction of sp³-hybridized carbons (Fsp3) is 0.0714. The Bertz CT molecular complexity index is 1780. The van der Waals surface area contributed by atoms with Crippen molar-refractivity contribution in [3.8, 4) is 27.6 Å². The number of halogens is 1. The van der Waals surface area contributed by atoms with E-state index < -0.39 is 11.7 Å². The molecule has 3 aromatic heterocycles. The van der Waals surface area contributed by atoms with Crippen molar-refractivity contribution in [2.24, 2.45) is 0 Å². The average Bonchev–Trinajstić information content (AvgIpc) is 3.55. The van der Waals surface area contributed by atoms with Crippen molar-refractivity contribution >= 4 is 44.2 Å². The molecule has 0 aliphatic carbocycles. The van der Waals surface area contributed by atoms with Crippen molar-refractivity contribution in [2.45, 2.75) is 6.54 Å². The Kier molecular flexibility index (Phi) is 5.93. The summed E-state index contributed by atoms with van der Waals surface area (Å²) in [6.07, 6.45) is 1.79. The van der Waals surface area contributed by atoms with Gasteiger partial charge >= 0.3 is 0 Å². The number of benzene rings is 3. The molecule has 0 atom stereocenters. The lowest BCUT2D eigenvalue weighted by atomic mass is 10.0. The minimum Gasteiger partial charge on any atom is -0.496 e. The first-order valence-corrected chi connectivity index (χ1v) is 12.5. The van der Waals surface area contributed by atoms with Gasteiger partial charge in [-0.15, -0.1) is 11.3 Å². The van der Waals surface area contributed by atoms with E-state index in [1.807, 2.05) is 48.5 Å². The summed E-state index contributed by atoms with van der Waals surface area (Å²) in [7, 11) is 1.44. The van der Waals surface area contributed by atoms with E-state index in [0.717, 1.165) is 48.9 Å². The van der Waals surface area contributed by atoms with Gasteiger partial charge in [-0.05, 0) is 35.9 Å². The molecule has 3 aromatic carbocycles. The van der Waals surface area contributed by atoms with Gasteiger partial charge in [-0.2, -0.15) is 5.10 Å². The number of amides is 1. The Balaban J connectivity index is 1.27. The quantitative estimate of drug-likeness (QED) is 0.262. The van der Waals surface area contributed by atoms with Crippen LogP contribution in [0.3, 0.4) is 0 Å². The van der Waals surface area contributed by atoms with Crippen molar-refractivity contribution in [1.29, 1.82) is 0 Å².